The number of Topliss-reactive ketones (excluding diaryl/α,β-unsaturated/α-hetero) is 2. The summed E-state index contributed by atoms with van der Waals surface area (Å²) in [5.74, 6) is -2.35. The van der Waals surface area contributed by atoms with E-state index in [1.807, 2.05) is 24.3 Å². The van der Waals surface area contributed by atoms with Crippen molar-refractivity contribution in [2.75, 3.05) is 25.7 Å². The van der Waals surface area contributed by atoms with Gasteiger partial charge in [0.05, 0.1) is 89.1 Å². The third-order valence-corrected chi connectivity index (χ3v) is 28.7. The van der Waals surface area contributed by atoms with Gasteiger partial charge in [-0.05, 0) is 179 Å². The van der Waals surface area contributed by atoms with Gasteiger partial charge in [0.15, 0.2) is 37.1 Å². The SMILES string of the molecule is COc1ccc(F)cc1[C@H](Cn1c(=O)n(C(C)(C)C(=O)CS(=O)(=O)C2(C)CC2)c(=O)c2c(C)c(-c3ncsn3)sc21)OC1C[C@H]2CC[C@@H](C1)O2.COc1ccccc1[C@H](Cn1c(=O)n(C(C)(C)C(=O)CS(=O)(=O)C2(C)CC2)c(=O)c2c(C)c(C#N)sc21)OC1C[C@H]2CC[C@@H](C1)O2. The first-order valence-electron chi connectivity index (χ1n) is 32.2. The normalized spacial score (nSPS) is 22.5. The lowest BCUT2D eigenvalue weighted by Crippen LogP contribution is -2.54. The number of ether oxygens (including phenoxy) is 6. The van der Waals surface area contributed by atoms with Crippen molar-refractivity contribution >= 4 is 85.9 Å². The summed E-state index contributed by atoms with van der Waals surface area (Å²) in [4.78, 5) is 91.2. The topological polar surface area (TPSA) is 295 Å². The second-order valence-corrected chi connectivity index (χ2v) is 35.4. The first-order chi connectivity index (χ1) is 45.3. The van der Waals surface area contributed by atoms with Gasteiger partial charge < -0.3 is 28.4 Å². The van der Waals surface area contributed by atoms with Crippen molar-refractivity contribution in [2.45, 2.75) is 215 Å². The van der Waals surface area contributed by atoms with Crippen LogP contribution in [0.25, 0.3) is 31.1 Å². The summed E-state index contributed by atoms with van der Waals surface area (Å²) in [5.41, 5.74) is -3.18. The number of sulfone groups is 2. The van der Waals surface area contributed by atoms with Crippen LogP contribution in [0.15, 0.2) is 67.2 Å². The van der Waals surface area contributed by atoms with Crippen molar-refractivity contribution in [1.82, 2.24) is 27.6 Å². The van der Waals surface area contributed by atoms with E-state index in [-0.39, 0.29) is 70.2 Å². The van der Waals surface area contributed by atoms with E-state index in [1.165, 1.54) is 62.1 Å². The zero-order valence-corrected chi connectivity index (χ0v) is 59.2. The van der Waals surface area contributed by atoms with Crippen LogP contribution in [0.2, 0.25) is 0 Å². The molecule has 13 rings (SSSR count). The van der Waals surface area contributed by atoms with Crippen LogP contribution >= 0.6 is 34.2 Å². The van der Waals surface area contributed by atoms with E-state index in [0.29, 0.717) is 101 Å². The molecule has 29 heteroatoms. The average molecular weight is 1420 g/mol. The zero-order chi connectivity index (χ0) is 68.9. The molecule has 96 heavy (non-hydrogen) atoms. The molecule has 8 atom stereocenters. The minimum absolute atomic E-state index is 0.0410. The second-order valence-electron chi connectivity index (χ2n) is 27.8. The number of hydrogen-bond donors (Lipinski definition) is 0. The van der Waals surface area contributed by atoms with Crippen molar-refractivity contribution in [3.05, 3.63) is 123 Å². The lowest BCUT2D eigenvalue weighted by atomic mass is 9.99. The molecule has 2 unspecified atom stereocenters. The number of methoxy groups -OCH3 is 2. The van der Waals surface area contributed by atoms with Crippen LogP contribution in [0.4, 0.5) is 4.39 Å². The summed E-state index contributed by atoms with van der Waals surface area (Å²) in [7, 11) is -4.63. The number of halogens is 1. The highest BCUT2D eigenvalue weighted by Crippen LogP contribution is 2.46. The predicted molar refractivity (Wildman–Crippen MR) is 361 cm³/mol. The maximum absolute atomic E-state index is 14.9. The van der Waals surface area contributed by atoms with Crippen LogP contribution in [-0.2, 0) is 72.4 Å². The second kappa shape index (κ2) is 25.9. The van der Waals surface area contributed by atoms with Crippen molar-refractivity contribution in [3.63, 3.8) is 0 Å². The third kappa shape index (κ3) is 12.7. The van der Waals surface area contributed by atoms with Gasteiger partial charge in [0.2, 0.25) is 0 Å². The minimum atomic E-state index is -3.84. The van der Waals surface area contributed by atoms with Gasteiger partial charge in [-0.15, -0.1) is 22.7 Å². The number of fused-ring (bicyclic) bond motifs is 6. The Bertz CT molecular complexity index is 4760. The largest absolute Gasteiger partial charge is 0.496 e. The number of carbonyl (C=O) groups is 2. The summed E-state index contributed by atoms with van der Waals surface area (Å²) < 4.78 is 111. The zero-order valence-electron chi connectivity index (χ0n) is 55.1. The smallest absolute Gasteiger partial charge is 0.333 e. The molecular formula is C67H78FN7O16S5. The fraction of sp³-hybridized carbons (Fsp3) is 0.567. The highest BCUT2D eigenvalue weighted by molar-refractivity contribution is 7.94. The van der Waals surface area contributed by atoms with Crippen LogP contribution in [0.3, 0.4) is 0 Å². The molecule has 6 fully saturated rings. The Hall–Kier alpha value is -6.62. The molecule has 23 nitrogen and oxygen atoms in total. The Morgan fingerprint density at radius 2 is 1.14 bits per heavy atom. The van der Waals surface area contributed by atoms with E-state index >= 15 is 0 Å². The third-order valence-electron chi connectivity index (χ3n) is 20.6. The molecule has 4 saturated heterocycles. The van der Waals surface area contributed by atoms with Crippen molar-refractivity contribution in [2.24, 2.45) is 0 Å². The number of benzene rings is 2. The molecule has 0 N–H and O–H groups in total. The number of rotatable bonds is 23. The van der Waals surface area contributed by atoms with E-state index in [9.17, 15) is 55.3 Å². The van der Waals surface area contributed by atoms with Gasteiger partial charge in [-0.3, -0.25) is 28.3 Å². The number of aromatic nitrogens is 6. The van der Waals surface area contributed by atoms with Gasteiger partial charge in [0, 0.05) is 11.1 Å². The first kappa shape index (κ1) is 69.3. The standard InChI is InChI=1S/C34H39FN4O8S3.C33H39N3O8S2/c1-18-27-30(41)39(33(2,3)26(40)16-50(43,44)34(4)10-11-34)32(42)38(31(27)49-28(18)29-36-17-48-37-29)15-25(23-12-19(35)6-9-24(23)45-5)47-22-13-20-7-8-21(14-22)46-20;1-19-26(16-34)45-30-28(19)29(38)36(32(2,3)27(37)18-46(40,41)33(4)12-13-33)31(39)35(30)17-25(23-8-6-7-9-24(23)42-5)44-22-14-20-10-11-21(15-22)43-20/h6,9,12,17,20-22,25H,7-8,10-11,13-16H2,1-5H3;6-9,20-22,25H,10-15,17-18H2,1-5H3/t2*20-,21+,22?,25-/m00/s1. The molecule has 2 aromatic carbocycles. The fourth-order valence-electron chi connectivity index (χ4n) is 13.8. The van der Waals surface area contributed by atoms with E-state index < -0.39 is 104 Å². The van der Waals surface area contributed by atoms with Crippen LogP contribution in [0, 0.1) is 31.0 Å². The summed E-state index contributed by atoms with van der Waals surface area (Å²) >= 11 is 3.33. The van der Waals surface area contributed by atoms with Gasteiger partial charge in [0.25, 0.3) is 11.1 Å². The lowest BCUT2D eigenvalue weighted by molar-refractivity contribution is -0.124. The number of carbonyl (C=O) groups excluding carboxylic acids is 2. The highest BCUT2D eigenvalue weighted by atomic mass is 32.2. The number of ketones is 2. The molecule has 2 aliphatic carbocycles. The molecule has 9 heterocycles. The number of thiophene rings is 2. The van der Waals surface area contributed by atoms with Gasteiger partial charge in [-0.2, -0.15) is 9.64 Å². The molecule has 514 valence electrons. The number of nitrogens with zero attached hydrogens (tertiary/aromatic N) is 7. The summed E-state index contributed by atoms with van der Waals surface area (Å²) in [6, 6.07) is 13.6. The number of para-hydroxylation sites is 1. The lowest BCUT2D eigenvalue weighted by Gasteiger charge is -2.33. The molecule has 6 aliphatic rings. The van der Waals surface area contributed by atoms with Crippen molar-refractivity contribution < 1.29 is 59.2 Å². The van der Waals surface area contributed by atoms with Gasteiger partial charge in [-0.25, -0.2) is 44.9 Å². The molecule has 0 amide bonds. The number of aryl methyl sites for hydroxylation is 2. The monoisotopic (exact) mass is 1420 g/mol. The molecule has 0 radical (unpaired) electrons. The minimum Gasteiger partial charge on any atom is -0.496 e. The maximum atomic E-state index is 14.9. The maximum Gasteiger partial charge on any atom is 0.333 e. The van der Waals surface area contributed by atoms with E-state index in [0.717, 1.165) is 69.0 Å². The van der Waals surface area contributed by atoms with E-state index in [2.05, 4.69) is 15.4 Å². The van der Waals surface area contributed by atoms with Crippen LogP contribution in [-0.4, -0.2) is 128 Å². The molecular weight excluding hydrogens is 1340 g/mol. The summed E-state index contributed by atoms with van der Waals surface area (Å²) in [6.45, 7) is 11.9. The molecule has 4 aliphatic heterocycles. The summed E-state index contributed by atoms with van der Waals surface area (Å²) in [5, 5.41) is 10.2. The molecule has 4 bridgehead atoms. The van der Waals surface area contributed by atoms with Crippen molar-refractivity contribution in [1.29, 1.82) is 5.26 Å². The molecule has 7 aromatic rings. The Labute approximate surface area is 566 Å². The quantitative estimate of drug-likeness (QED) is 0.0576. The van der Waals surface area contributed by atoms with E-state index in [1.54, 1.807) is 40.3 Å². The summed E-state index contributed by atoms with van der Waals surface area (Å²) in [6.07, 6.45) is 6.53. The molecule has 5 aromatic heterocycles. The number of nitriles is 1. The Morgan fingerprint density at radius 1 is 0.688 bits per heavy atom. The Balaban J connectivity index is 0.000000184. The van der Waals surface area contributed by atoms with Crippen LogP contribution in [0.5, 0.6) is 11.5 Å². The van der Waals surface area contributed by atoms with Gasteiger partial charge >= 0.3 is 11.4 Å². The fourth-order valence-corrected chi connectivity index (χ4v) is 20.2. The van der Waals surface area contributed by atoms with Crippen LogP contribution in [0.1, 0.15) is 158 Å². The average Bonchev–Trinajstić information content (AvgIpc) is 1.41. The number of hydrogen-bond acceptors (Lipinski definition) is 22. The van der Waals surface area contributed by atoms with Gasteiger partial charge in [0.1, 0.15) is 78.2 Å². The first-order valence-corrected chi connectivity index (χ1v) is 38.0. The Morgan fingerprint density at radius 3 is 1.58 bits per heavy atom. The van der Waals surface area contributed by atoms with Crippen LogP contribution < -0.4 is 32.0 Å². The highest BCUT2D eigenvalue weighted by Gasteiger charge is 2.53. The molecule has 2 saturated carbocycles. The predicted octanol–water partition coefficient (Wildman–Crippen LogP) is 9.09. The Kier molecular flexibility index (Phi) is 18.7. The molecule has 0 spiro atoms. The van der Waals surface area contributed by atoms with E-state index in [4.69, 9.17) is 28.4 Å². The van der Waals surface area contributed by atoms with Gasteiger partial charge in [-0.1, -0.05) is 18.2 Å². The van der Waals surface area contributed by atoms with Crippen molar-refractivity contribution in [3.8, 4) is 28.3 Å².